The summed E-state index contributed by atoms with van der Waals surface area (Å²) in [7, 11) is 0. The summed E-state index contributed by atoms with van der Waals surface area (Å²) < 4.78 is 1.36. The van der Waals surface area contributed by atoms with Crippen molar-refractivity contribution in [3.05, 3.63) is 12.3 Å². The Morgan fingerprint density at radius 1 is 1.26 bits per heavy atom. The molecule has 0 heterocycles. The average molecular weight is 304 g/mol. The van der Waals surface area contributed by atoms with Crippen molar-refractivity contribution in [3.63, 3.8) is 0 Å². The van der Waals surface area contributed by atoms with Gasteiger partial charge < -0.3 is 5.11 Å². The van der Waals surface area contributed by atoms with Gasteiger partial charge in [0.1, 0.15) is 0 Å². The van der Waals surface area contributed by atoms with E-state index in [0.717, 1.165) is 24.2 Å². The molecule has 0 saturated carbocycles. The molecule has 0 aromatic heterocycles. The molecule has 0 rings (SSSR count). The lowest BCUT2D eigenvalue weighted by molar-refractivity contribution is -0.230. The molecule has 0 aliphatic rings. The molecule has 0 radical (unpaired) electrons. The highest BCUT2D eigenvalue weighted by molar-refractivity contribution is 8.12. The third-order valence-corrected chi connectivity index (χ3v) is 4.26. The molecule has 0 atom stereocenters. The van der Waals surface area contributed by atoms with E-state index in [4.69, 9.17) is 5.41 Å². The zero-order valence-electron chi connectivity index (χ0n) is 11.7. The fourth-order valence-electron chi connectivity index (χ4n) is 1.41. The predicted molar refractivity (Wildman–Crippen MR) is 81.7 cm³/mol. The van der Waals surface area contributed by atoms with Gasteiger partial charge in [0.25, 0.3) is 0 Å². The highest BCUT2D eigenvalue weighted by Crippen LogP contribution is 2.19. The molecule has 110 valence electrons. The molecule has 0 spiro atoms. The van der Waals surface area contributed by atoms with E-state index in [0.29, 0.717) is 0 Å². The maximum atomic E-state index is 11.9. The quantitative estimate of drug-likeness (QED) is 0.324. The summed E-state index contributed by atoms with van der Waals surface area (Å²) >= 11 is 2.42. The molecular formula is C12H22N3O2S2-. The predicted octanol–water partition coefficient (Wildman–Crippen LogP) is 3.05. The van der Waals surface area contributed by atoms with Crippen LogP contribution in [0.5, 0.6) is 0 Å². The minimum absolute atomic E-state index is 0.496. The van der Waals surface area contributed by atoms with Crippen molar-refractivity contribution in [1.82, 2.24) is 8.61 Å². The number of carbonyl (C=O) groups excluding carboxylic acids is 1. The van der Waals surface area contributed by atoms with Gasteiger partial charge in [-0.2, -0.15) is 0 Å². The first kappa shape index (κ1) is 18.2. The Kier molecular flexibility index (Phi) is 10.6. The van der Waals surface area contributed by atoms with E-state index in [9.17, 15) is 9.90 Å². The summed E-state index contributed by atoms with van der Waals surface area (Å²) in [6, 6.07) is -1.51. The van der Waals surface area contributed by atoms with Crippen molar-refractivity contribution in [2.75, 3.05) is 12.5 Å². The molecule has 2 amide bonds. The molecular weight excluding hydrogens is 282 g/mol. The Morgan fingerprint density at radius 3 is 2.37 bits per heavy atom. The Labute approximate surface area is 124 Å². The topological polar surface area (TPSA) is 70.5 Å². The van der Waals surface area contributed by atoms with E-state index in [1.807, 2.05) is 0 Å². The maximum Gasteiger partial charge on any atom is 0.349 e. The lowest BCUT2D eigenvalue weighted by Gasteiger charge is -2.27. The Morgan fingerprint density at radius 2 is 1.89 bits per heavy atom. The molecule has 0 aliphatic carbocycles. The second-order valence-electron chi connectivity index (χ2n) is 3.81. The second kappa shape index (κ2) is 11.0. The number of amidine groups is 1. The fraction of sp³-hybridized carbons (Fsp3) is 0.667. The number of allylic oxidation sites excluding steroid dienone is 1. The zero-order chi connectivity index (χ0) is 14.7. The van der Waals surface area contributed by atoms with Crippen LogP contribution < -0.4 is 5.11 Å². The average Bonchev–Trinajstić information content (AvgIpc) is 2.38. The Hall–Kier alpha value is -0.820. The molecule has 1 N–H and O–H groups in total. The molecule has 7 heteroatoms. The van der Waals surface area contributed by atoms with Crippen LogP contribution in [0.4, 0.5) is 4.79 Å². The van der Waals surface area contributed by atoms with E-state index in [2.05, 4.69) is 6.92 Å². The molecule has 0 fully saturated rings. The van der Waals surface area contributed by atoms with Crippen molar-refractivity contribution >= 4 is 35.9 Å². The summed E-state index contributed by atoms with van der Waals surface area (Å²) in [4.78, 5) is 12.8. The first-order chi connectivity index (χ1) is 9.08. The summed E-state index contributed by atoms with van der Waals surface area (Å²) in [6.45, 7) is 2.15. The summed E-state index contributed by atoms with van der Waals surface area (Å²) in [5.41, 5.74) is 0. The number of nitrogens with zero attached hydrogens (tertiary/aromatic N) is 2. The van der Waals surface area contributed by atoms with Crippen LogP contribution in [-0.2, 0) is 0 Å². The minimum atomic E-state index is -1.01. The first-order valence-corrected chi connectivity index (χ1v) is 8.58. The second-order valence-corrected chi connectivity index (χ2v) is 5.51. The largest absolute Gasteiger partial charge is 0.846 e. The summed E-state index contributed by atoms with van der Waals surface area (Å²) in [6.07, 6.45) is 12.0. The van der Waals surface area contributed by atoms with Crippen molar-refractivity contribution < 1.29 is 9.90 Å². The standard InChI is InChI=1S/C12H23N3O2S2/c1-4-5-6-7-8-9-10-14(11(13)16)12(17)15(18-2)19-3/h9-10H,4-8H2,1-3H3,(H2,13,16)/p-1/b10-9+. The monoisotopic (exact) mass is 304 g/mol. The van der Waals surface area contributed by atoms with Gasteiger partial charge in [-0.3, -0.25) is 10.3 Å². The van der Waals surface area contributed by atoms with Crippen LogP contribution in [0.15, 0.2) is 12.3 Å². The normalized spacial score (nSPS) is 10.7. The van der Waals surface area contributed by atoms with Crippen LogP contribution in [0.1, 0.15) is 39.0 Å². The number of unbranched alkanes of at least 4 members (excludes halogenated alkanes) is 4. The molecule has 0 bridgehead atoms. The van der Waals surface area contributed by atoms with Crippen LogP contribution in [0.25, 0.3) is 0 Å². The number of urea groups is 1. The molecule has 0 aromatic rings. The smallest absolute Gasteiger partial charge is 0.349 e. The van der Waals surface area contributed by atoms with Crippen molar-refractivity contribution in [3.8, 4) is 0 Å². The van der Waals surface area contributed by atoms with Crippen LogP contribution in [0.2, 0.25) is 0 Å². The lowest BCUT2D eigenvalue weighted by Crippen LogP contribution is -2.43. The van der Waals surface area contributed by atoms with E-state index in [-0.39, 0.29) is 0 Å². The highest BCUT2D eigenvalue weighted by atomic mass is 32.2. The summed E-state index contributed by atoms with van der Waals surface area (Å²) in [5.74, 6) is 0. The van der Waals surface area contributed by atoms with Crippen molar-refractivity contribution in [2.45, 2.75) is 39.0 Å². The van der Waals surface area contributed by atoms with Crippen molar-refractivity contribution in [1.29, 1.82) is 5.41 Å². The fourth-order valence-corrected chi connectivity index (χ4v) is 2.49. The van der Waals surface area contributed by atoms with Crippen LogP contribution >= 0.6 is 23.9 Å². The van der Waals surface area contributed by atoms with E-state index >= 15 is 0 Å². The molecule has 0 saturated heterocycles. The van der Waals surface area contributed by atoms with Crippen LogP contribution in [-0.4, -0.2) is 33.2 Å². The number of hydrogen-bond donors (Lipinski definition) is 1. The molecule has 5 nitrogen and oxygen atoms in total. The number of nitrogens with one attached hydrogen (secondary N) is 1. The van der Waals surface area contributed by atoms with Gasteiger partial charge in [-0.1, -0.05) is 32.3 Å². The van der Waals surface area contributed by atoms with Gasteiger partial charge in [-0.15, -0.1) is 0 Å². The van der Waals surface area contributed by atoms with E-state index in [1.165, 1.54) is 46.6 Å². The Bertz CT molecular complexity index is 307. The third kappa shape index (κ3) is 7.37. The summed E-state index contributed by atoms with van der Waals surface area (Å²) in [5, 5.41) is 18.3. The minimum Gasteiger partial charge on any atom is -0.846 e. The molecule has 0 unspecified atom stereocenters. The number of amides is 2. The van der Waals surface area contributed by atoms with Gasteiger partial charge in [0.15, 0.2) is 0 Å². The lowest BCUT2D eigenvalue weighted by atomic mass is 10.1. The maximum absolute atomic E-state index is 11.9. The van der Waals surface area contributed by atoms with Gasteiger partial charge in [-0.25, -0.2) is 8.51 Å². The number of hydrogen-bond acceptors (Lipinski definition) is 5. The third-order valence-electron chi connectivity index (χ3n) is 2.39. The van der Waals surface area contributed by atoms with Gasteiger partial charge in [0, 0.05) is 18.7 Å². The SMILES string of the molecule is CCCCCC/C=C/N(C(=N)[O-])C(=O)N(SC)SC. The molecule has 0 aromatic carbocycles. The first-order valence-electron chi connectivity index (χ1n) is 6.22. The molecule has 0 aliphatic heterocycles. The van der Waals surface area contributed by atoms with Gasteiger partial charge in [0.2, 0.25) is 0 Å². The van der Waals surface area contributed by atoms with Crippen LogP contribution in [0.3, 0.4) is 0 Å². The highest BCUT2D eigenvalue weighted by Gasteiger charge is 2.17. The van der Waals surface area contributed by atoms with E-state index < -0.39 is 12.1 Å². The molecule has 19 heavy (non-hydrogen) atoms. The van der Waals surface area contributed by atoms with Crippen molar-refractivity contribution in [2.24, 2.45) is 0 Å². The van der Waals surface area contributed by atoms with Gasteiger partial charge in [-0.05, 0) is 36.7 Å². The number of carbonyl (C=O) groups is 1. The number of rotatable bonds is 8. The van der Waals surface area contributed by atoms with Gasteiger partial charge >= 0.3 is 6.03 Å². The van der Waals surface area contributed by atoms with Gasteiger partial charge in [0.05, 0.1) is 6.02 Å². The van der Waals surface area contributed by atoms with Crippen LogP contribution in [0, 0.1) is 5.41 Å². The zero-order valence-corrected chi connectivity index (χ0v) is 13.4. The van der Waals surface area contributed by atoms with E-state index in [1.54, 1.807) is 18.6 Å². The Balaban J connectivity index is 4.37.